The van der Waals surface area contributed by atoms with E-state index in [2.05, 4.69) is 10.0 Å². The van der Waals surface area contributed by atoms with Gasteiger partial charge in [-0.2, -0.15) is 16.1 Å². The molecule has 5 nitrogen and oxygen atoms in total. The Hall–Kier alpha value is -2.26. The number of aryl methyl sites for hydroxylation is 1. The number of fused-ring (bicyclic) bond motifs is 1. The van der Waals surface area contributed by atoms with Crippen LogP contribution in [0.4, 0.5) is 10.1 Å². The van der Waals surface area contributed by atoms with E-state index in [0.29, 0.717) is 28.3 Å². The molecule has 1 amide bonds. The molecule has 29 heavy (non-hydrogen) atoms. The van der Waals surface area contributed by atoms with Gasteiger partial charge >= 0.3 is 0 Å². The number of carbonyl (C=O) groups excluding carboxylic acids is 1. The van der Waals surface area contributed by atoms with Gasteiger partial charge < -0.3 is 5.32 Å². The zero-order valence-electron chi connectivity index (χ0n) is 15.0. The molecule has 2 heterocycles. The molecule has 0 aliphatic carbocycles. The van der Waals surface area contributed by atoms with E-state index in [1.54, 1.807) is 24.3 Å². The largest absolute Gasteiger partial charge is 0.326 e. The van der Waals surface area contributed by atoms with Crippen LogP contribution in [0.25, 0.3) is 0 Å². The summed E-state index contributed by atoms with van der Waals surface area (Å²) < 4.78 is 43.5. The van der Waals surface area contributed by atoms with Crippen LogP contribution in [0.15, 0.2) is 58.1 Å². The summed E-state index contributed by atoms with van der Waals surface area (Å²) in [6, 6.07) is 10.3. The zero-order valence-corrected chi connectivity index (χ0v) is 17.4. The maximum Gasteiger partial charge on any atom is 0.244 e. The summed E-state index contributed by atoms with van der Waals surface area (Å²) >= 11 is 7.39. The Morgan fingerprint density at radius 2 is 1.86 bits per heavy atom. The summed E-state index contributed by atoms with van der Waals surface area (Å²) in [5, 5.41) is 6.78. The van der Waals surface area contributed by atoms with E-state index in [1.165, 1.54) is 17.4 Å². The van der Waals surface area contributed by atoms with Crippen LogP contribution in [0, 0.1) is 5.82 Å². The summed E-state index contributed by atoms with van der Waals surface area (Å²) in [5.74, 6) is -1.13. The van der Waals surface area contributed by atoms with Crippen molar-refractivity contribution in [3.05, 3.63) is 80.8 Å². The Balaban J connectivity index is 1.72. The molecule has 9 heteroatoms. The van der Waals surface area contributed by atoms with Crippen molar-refractivity contribution in [2.24, 2.45) is 0 Å². The third kappa shape index (κ3) is 4.20. The van der Waals surface area contributed by atoms with Crippen LogP contribution in [-0.2, 0) is 21.2 Å². The second-order valence-corrected chi connectivity index (χ2v) is 9.55. The number of nitrogens with one attached hydrogen (secondary N) is 2. The number of sulfonamides is 1. The summed E-state index contributed by atoms with van der Waals surface area (Å²) in [6.07, 6.45) is 0.586. The lowest BCUT2D eigenvalue weighted by Crippen LogP contribution is -2.30. The number of carbonyl (C=O) groups is 1. The molecule has 2 N–H and O–H groups in total. The number of anilines is 1. The van der Waals surface area contributed by atoms with Gasteiger partial charge in [-0.1, -0.05) is 23.7 Å². The smallest absolute Gasteiger partial charge is 0.244 e. The highest BCUT2D eigenvalue weighted by molar-refractivity contribution is 7.89. The van der Waals surface area contributed by atoms with Gasteiger partial charge in [0.1, 0.15) is 10.7 Å². The molecule has 1 aromatic heterocycles. The lowest BCUT2D eigenvalue weighted by molar-refractivity contribution is -0.116. The quantitative estimate of drug-likeness (QED) is 0.601. The minimum absolute atomic E-state index is 0.217. The normalized spacial score (nSPS) is 14.9. The molecule has 0 fully saturated rings. The highest BCUT2D eigenvalue weighted by Gasteiger charge is 2.28. The third-order valence-electron chi connectivity index (χ3n) is 4.70. The van der Waals surface area contributed by atoms with Crippen LogP contribution < -0.4 is 10.0 Å². The molecule has 4 rings (SSSR count). The van der Waals surface area contributed by atoms with Crippen LogP contribution in [0.1, 0.15) is 29.2 Å². The molecule has 0 bridgehead atoms. The first-order valence-electron chi connectivity index (χ1n) is 8.75. The number of halogens is 2. The minimum Gasteiger partial charge on any atom is -0.326 e. The Morgan fingerprint density at radius 1 is 1.10 bits per heavy atom. The first kappa shape index (κ1) is 20.0. The Morgan fingerprint density at radius 3 is 2.55 bits per heavy atom. The van der Waals surface area contributed by atoms with Gasteiger partial charge in [0, 0.05) is 17.1 Å². The highest BCUT2D eigenvalue weighted by atomic mass is 35.5. The van der Waals surface area contributed by atoms with E-state index in [1.807, 2.05) is 16.8 Å². The van der Waals surface area contributed by atoms with E-state index in [9.17, 15) is 17.6 Å². The molecule has 1 aliphatic rings. The van der Waals surface area contributed by atoms with Crippen LogP contribution in [0.3, 0.4) is 0 Å². The lowest BCUT2D eigenvalue weighted by atomic mass is 10.0. The maximum atomic E-state index is 14.7. The number of hydrogen-bond donors (Lipinski definition) is 2. The number of amides is 1. The van der Waals surface area contributed by atoms with Gasteiger partial charge in [-0.3, -0.25) is 4.79 Å². The first-order chi connectivity index (χ1) is 13.8. The molecule has 2 aromatic carbocycles. The topological polar surface area (TPSA) is 75.3 Å². The third-order valence-corrected chi connectivity index (χ3v) is 7.09. The second kappa shape index (κ2) is 7.87. The molecule has 0 spiro atoms. The van der Waals surface area contributed by atoms with E-state index in [-0.39, 0.29) is 12.3 Å². The molecule has 1 atom stereocenters. The van der Waals surface area contributed by atoms with Crippen molar-refractivity contribution in [1.82, 2.24) is 4.72 Å². The highest BCUT2D eigenvalue weighted by Crippen LogP contribution is 2.31. The van der Waals surface area contributed by atoms with Gasteiger partial charge in [0.25, 0.3) is 0 Å². The van der Waals surface area contributed by atoms with Gasteiger partial charge in [-0.05, 0) is 64.2 Å². The van der Waals surface area contributed by atoms with Crippen molar-refractivity contribution in [2.45, 2.75) is 23.8 Å². The molecule has 3 aromatic rings. The maximum absolute atomic E-state index is 14.7. The number of rotatable bonds is 5. The van der Waals surface area contributed by atoms with E-state index in [0.717, 1.165) is 11.6 Å². The monoisotopic (exact) mass is 450 g/mol. The first-order valence-corrected chi connectivity index (χ1v) is 11.6. The SMILES string of the molecule is O=C1CCc2cc(S(=O)(=O)NC(c3ccc(Cl)cc3)c3ccsc3)c(F)cc2N1. The van der Waals surface area contributed by atoms with Gasteiger partial charge in [0.05, 0.1) is 6.04 Å². The molecular formula is C20H16ClFN2O3S2. The average Bonchev–Trinajstić information content (AvgIpc) is 3.21. The summed E-state index contributed by atoms with van der Waals surface area (Å²) in [4.78, 5) is 11.1. The molecule has 1 unspecified atom stereocenters. The Kier molecular flexibility index (Phi) is 5.44. The zero-order chi connectivity index (χ0) is 20.6. The van der Waals surface area contributed by atoms with Crippen molar-refractivity contribution < 1.29 is 17.6 Å². The summed E-state index contributed by atoms with van der Waals surface area (Å²) in [6.45, 7) is 0. The fraction of sp³-hybridized carbons (Fsp3) is 0.150. The van der Waals surface area contributed by atoms with Crippen LogP contribution in [0.2, 0.25) is 5.02 Å². The average molecular weight is 451 g/mol. The van der Waals surface area contributed by atoms with Crippen LogP contribution in [-0.4, -0.2) is 14.3 Å². The van der Waals surface area contributed by atoms with Crippen molar-refractivity contribution in [2.75, 3.05) is 5.32 Å². The van der Waals surface area contributed by atoms with Crippen molar-refractivity contribution in [3.8, 4) is 0 Å². The molecule has 1 aliphatic heterocycles. The fourth-order valence-electron chi connectivity index (χ4n) is 3.23. The number of hydrogen-bond acceptors (Lipinski definition) is 4. The van der Waals surface area contributed by atoms with Crippen molar-refractivity contribution in [1.29, 1.82) is 0 Å². The van der Waals surface area contributed by atoms with Crippen molar-refractivity contribution in [3.63, 3.8) is 0 Å². The minimum atomic E-state index is -4.19. The van der Waals surface area contributed by atoms with Crippen LogP contribution >= 0.6 is 22.9 Å². The van der Waals surface area contributed by atoms with Crippen molar-refractivity contribution >= 4 is 44.6 Å². The standard InChI is InChI=1S/C20H16ClFN2O3S2/c21-15-4-1-12(2-5-15)20(14-7-8-28-11-14)24-29(26,27)18-9-13-3-6-19(25)23-17(13)10-16(18)22/h1-2,4-5,7-11,20,24H,3,6H2,(H,23,25). The van der Waals surface area contributed by atoms with E-state index >= 15 is 0 Å². The lowest BCUT2D eigenvalue weighted by Gasteiger charge is -2.21. The Labute approximate surface area is 176 Å². The molecule has 0 radical (unpaired) electrons. The summed E-state index contributed by atoms with van der Waals surface area (Å²) in [7, 11) is -4.19. The van der Waals surface area contributed by atoms with Gasteiger partial charge in [-0.15, -0.1) is 0 Å². The van der Waals surface area contributed by atoms with Gasteiger partial charge in [0.2, 0.25) is 15.9 Å². The predicted octanol–water partition coefficient (Wildman–Crippen LogP) is 4.49. The van der Waals surface area contributed by atoms with Crippen LogP contribution in [0.5, 0.6) is 0 Å². The van der Waals surface area contributed by atoms with Gasteiger partial charge in [-0.25, -0.2) is 12.8 Å². The second-order valence-electron chi connectivity index (χ2n) is 6.65. The van der Waals surface area contributed by atoms with E-state index in [4.69, 9.17) is 11.6 Å². The number of benzene rings is 2. The predicted molar refractivity (Wildman–Crippen MR) is 111 cm³/mol. The molecule has 0 saturated carbocycles. The molecular weight excluding hydrogens is 435 g/mol. The Bertz CT molecular complexity index is 1160. The summed E-state index contributed by atoms with van der Waals surface area (Å²) in [5.41, 5.74) is 2.32. The molecule has 150 valence electrons. The molecule has 0 saturated heterocycles. The van der Waals surface area contributed by atoms with E-state index < -0.39 is 26.8 Å². The fourth-order valence-corrected chi connectivity index (χ4v) is 5.36. The van der Waals surface area contributed by atoms with Gasteiger partial charge in [0.15, 0.2) is 0 Å². The number of thiophene rings is 1.